The molecule has 0 aliphatic rings. The van der Waals surface area contributed by atoms with E-state index >= 15 is 0 Å². The first kappa shape index (κ1) is 14.7. The van der Waals surface area contributed by atoms with Gasteiger partial charge in [0.15, 0.2) is 0 Å². The van der Waals surface area contributed by atoms with Crippen molar-refractivity contribution in [2.75, 3.05) is 0 Å². The lowest BCUT2D eigenvalue weighted by Gasteiger charge is -2.11. The van der Waals surface area contributed by atoms with Gasteiger partial charge in [-0.1, -0.05) is 20.3 Å². The first-order chi connectivity index (χ1) is 8.13. The van der Waals surface area contributed by atoms with Crippen LogP contribution in [0.4, 0.5) is 0 Å². The Bertz CT molecular complexity index is 347. The second-order valence-electron chi connectivity index (χ2n) is 4.46. The van der Waals surface area contributed by atoms with Crippen molar-refractivity contribution in [3.63, 3.8) is 0 Å². The Hall–Kier alpha value is -0.350. The van der Waals surface area contributed by atoms with Crippen molar-refractivity contribution in [3.8, 4) is 0 Å². The van der Waals surface area contributed by atoms with Crippen LogP contribution in [0.15, 0.2) is 4.47 Å². The molecule has 4 heteroatoms. The van der Waals surface area contributed by atoms with Crippen molar-refractivity contribution in [3.05, 3.63) is 15.9 Å². The number of aryl methyl sites for hydroxylation is 2. The summed E-state index contributed by atoms with van der Waals surface area (Å²) in [5.74, 6) is 0. The lowest BCUT2D eigenvalue weighted by Crippen LogP contribution is -2.20. The largest absolute Gasteiger partial charge is 0.328 e. The van der Waals surface area contributed by atoms with Gasteiger partial charge in [0.25, 0.3) is 0 Å². The summed E-state index contributed by atoms with van der Waals surface area (Å²) >= 11 is 3.67. The second-order valence-corrected chi connectivity index (χ2v) is 5.26. The van der Waals surface area contributed by atoms with Gasteiger partial charge < -0.3 is 5.73 Å². The number of halogens is 1. The Morgan fingerprint density at radius 2 is 2.00 bits per heavy atom. The molecule has 0 fully saturated rings. The minimum atomic E-state index is 0.317. The Kier molecular flexibility index (Phi) is 6.20. The molecule has 0 saturated heterocycles. The molecule has 0 saturated carbocycles. The third kappa shape index (κ3) is 3.81. The van der Waals surface area contributed by atoms with E-state index in [0.29, 0.717) is 6.04 Å². The average molecular weight is 302 g/mol. The molecule has 0 bridgehead atoms. The minimum Gasteiger partial charge on any atom is -0.328 e. The van der Waals surface area contributed by atoms with Crippen LogP contribution >= 0.6 is 15.9 Å². The fourth-order valence-electron chi connectivity index (χ4n) is 2.09. The standard InChI is InChI=1S/C13H24BrN3/c1-4-7-10(15)8-9-12-13(14)11(5-2)16-17(12)6-3/h10H,4-9,15H2,1-3H3. The van der Waals surface area contributed by atoms with Crippen molar-refractivity contribution in [1.82, 2.24) is 9.78 Å². The van der Waals surface area contributed by atoms with Gasteiger partial charge in [-0.05, 0) is 48.5 Å². The monoisotopic (exact) mass is 301 g/mol. The quantitative estimate of drug-likeness (QED) is 0.840. The summed E-state index contributed by atoms with van der Waals surface area (Å²) in [6.45, 7) is 7.38. The van der Waals surface area contributed by atoms with E-state index in [1.807, 2.05) is 0 Å². The molecule has 1 atom stereocenters. The normalized spacial score (nSPS) is 13.0. The summed E-state index contributed by atoms with van der Waals surface area (Å²) in [5, 5.41) is 4.60. The number of aromatic nitrogens is 2. The fraction of sp³-hybridized carbons (Fsp3) is 0.769. The van der Waals surface area contributed by atoms with Crippen molar-refractivity contribution in [2.24, 2.45) is 5.73 Å². The van der Waals surface area contributed by atoms with Gasteiger partial charge in [0, 0.05) is 12.6 Å². The van der Waals surface area contributed by atoms with Crippen LogP contribution in [-0.2, 0) is 19.4 Å². The summed E-state index contributed by atoms with van der Waals surface area (Å²) in [6.07, 6.45) is 5.31. The van der Waals surface area contributed by atoms with Crippen molar-refractivity contribution < 1.29 is 0 Å². The highest BCUT2D eigenvalue weighted by Crippen LogP contribution is 2.24. The summed E-state index contributed by atoms with van der Waals surface area (Å²) < 4.78 is 3.28. The maximum atomic E-state index is 6.07. The van der Waals surface area contributed by atoms with Gasteiger partial charge in [0.2, 0.25) is 0 Å². The first-order valence-corrected chi connectivity index (χ1v) is 7.42. The van der Waals surface area contributed by atoms with Gasteiger partial charge in [0.1, 0.15) is 0 Å². The molecule has 1 aromatic rings. The SMILES string of the molecule is CCCC(N)CCc1c(Br)c(CC)nn1CC. The first-order valence-electron chi connectivity index (χ1n) is 6.63. The number of hydrogen-bond acceptors (Lipinski definition) is 2. The van der Waals surface area contributed by atoms with E-state index in [9.17, 15) is 0 Å². The lowest BCUT2D eigenvalue weighted by atomic mass is 10.1. The molecule has 3 nitrogen and oxygen atoms in total. The highest BCUT2D eigenvalue weighted by Gasteiger charge is 2.14. The maximum absolute atomic E-state index is 6.07. The second kappa shape index (κ2) is 7.17. The summed E-state index contributed by atoms with van der Waals surface area (Å²) in [7, 11) is 0. The molecular formula is C13H24BrN3. The van der Waals surface area contributed by atoms with Crippen LogP contribution in [0.3, 0.4) is 0 Å². The Labute approximate surface area is 113 Å². The molecule has 0 radical (unpaired) electrons. The van der Waals surface area contributed by atoms with Gasteiger partial charge in [-0.2, -0.15) is 5.10 Å². The fourth-order valence-corrected chi connectivity index (χ4v) is 2.86. The smallest absolute Gasteiger partial charge is 0.0766 e. The predicted molar refractivity (Wildman–Crippen MR) is 76.2 cm³/mol. The van der Waals surface area contributed by atoms with Crippen molar-refractivity contribution >= 4 is 15.9 Å². The van der Waals surface area contributed by atoms with Crippen LogP contribution < -0.4 is 5.73 Å². The minimum absolute atomic E-state index is 0.317. The number of hydrogen-bond donors (Lipinski definition) is 1. The Morgan fingerprint density at radius 3 is 2.53 bits per heavy atom. The van der Waals surface area contributed by atoms with E-state index in [-0.39, 0.29) is 0 Å². The van der Waals surface area contributed by atoms with E-state index in [1.165, 1.54) is 10.2 Å². The van der Waals surface area contributed by atoms with Crippen LogP contribution in [0.5, 0.6) is 0 Å². The van der Waals surface area contributed by atoms with Crippen LogP contribution in [0, 0.1) is 0 Å². The lowest BCUT2D eigenvalue weighted by molar-refractivity contribution is 0.535. The van der Waals surface area contributed by atoms with E-state index in [0.717, 1.165) is 44.3 Å². The molecule has 17 heavy (non-hydrogen) atoms. The zero-order valence-corrected chi connectivity index (χ0v) is 12.8. The van der Waals surface area contributed by atoms with Gasteiger partial charge >= 0.3 is 0 Å². The van der Waals surface area contributed by atoms with E-state index < -0.39 is 0 Å². The van der Waals surface area contributed by atoms with Crippen molar-refractivity contribution in [1.29, 1.82) is 0 Å². The molecule has 0 aromatic carbocycles. The number of nitrogens with two attached hydrogens (primary N) is 1. The highest BCUT2D eigenvalue weighted by molar-refractivity contribution is 9.10. The summed E-state index contributed by atoms with van der Waals surface area (Å²) in [6, 6.07) is 0.317. The maximum Gasteiger partial charge on any atom is 0.0766 e. The Morgan fingerprint density at radius 1 is 1.29 bits per heavy atom. The average Bonchev–Trinajstić information content (AvgIpc) is 2.63. The molecule has 1 rings (SSSR count). The molecule has 1 aromatic heterocycles. The van der Waals surface area contributed by atoms with Crippen molar-refractivity contribution in [2.45, 2.75) is 65.5 Å². The van der Waals surface area contributed by atoms with Crippen LogP contribution in [0.1, 0.15) is 51.4 Å². The summed E-state index contributed by atoms with van der Waals surface area (Å²) in [5.41, 5.74) is 8.53. The number of rotatable bonds is 7. The van der Waals surface area contributed by atoms with Crippen LogP contribution in [0.2, 0.25) is 0 Å². The topological polar surface area (TPSA) is 43.8 Å². The molecular weight excluding hydrogens is 278 g/mol. The zero-order chi connectivity index (χ0) is 12.8. The predicted octanol–water partition coefficient (Wildman–Crippen LogP) is 3.29. The molecule has 1 unspecified atom stereocenters. The molecule has 98 valence electrons. The molecule has 0 amide bonds. The zero-order valence-electron chi connectivity index (χ0n) is 11.2. The van der Waals surface area contributed by atoms with Crippen LogP contribution in [0.25, 0.3) is 0 Å². The third-order valence-electron chi connectivity index (χ3n) is 3.11. The molecule has 0 spiro atoms. The third-order valence-corrected chi connectivity index (χ3v) is 4.02. The van der Waals surface area contributed by atoms with Gasteiger partial charge in [-0.15, -0.1) is 0 Å². The molecule has 1 heterocycles. The van der Waals surface area contributed by atoms with E-state index in [1.54, 1.807) is 0 Å². The molecule has 0 aliphatic carbocycles. The Balaban J connectivity index is 2.72. The molecule has 0 aliphatic heterocycles. The highest BCUT2D eigenvalue weighted by atomic mass is 79.9. The van der Waals surface area contributed by atoms with Crippen LogP contribution in [-0.4, -0.2) is 15.8 Å². The van der Waals surface area contributed by atoms with Gasteiger partial charge in [-0.25, -0.2) is 0 Å². The summed E-state index contributed by atoms with van der Waals surface area (Å²) in [4.78, 5) is 0. The van der Waals surface area contributed by atoms with Gasteiger partial charge in [-0.3, -0.25) is 4.68 Å². The molecule has 2 N–H and O–H groups in total. The van der Waals surface area contributed by atoms with E-state index in [2.05, 4.69) is 46.5 Å². The number of nitrogens with zero attached hydrogens (tertiary/aromatic N) is 2. The van der Waals surface area contributed by atoms with E-state index in [4.69, 9.17) is 5.73 Å². The van der Waals surface area contributed by atoms with Gasteiger partial charge in [0.05, 0.1) is 15.9 Å².